The quantitative estimate of drug-likeness (QED) is 0.0643. The monoisotopic (exact) mass is 577 g/mol. The Balaban J connectivity index is 1.80. The topological polar surface area (TPSA) is 70.8 Å². The molecule has 42 heavy (non-hydrogen) atoms. The van der Waals surface area contributed by atoms with E-state index in [9.17, 15) is 10.1 Å². The van der Waals surface area contributed by atoms with Crippen molar-refractivity contribution in [2.24, 2.45) is 0 Å². The summed E-state index contributed by atoms with van der Waals surface area (Å²) in [5, 5.41) is 14.6. The van der Waals surface area contributed by atoms with E-state index in [-0.39, 0.29) is 10.6 Å². The number of rotatable bonds is 12. The molecule has 6 nitrogen and oxygen atoms in total. The van der Waals surface area contributed by atoms with E-state index < -0.39 is 8.15 Å². The van der Waals surface area contributed by atoms with Crippen LogP contribution in [0.2, 0.25) is 0 Å². The van der Waals surface area contributed by atoms with Crippen LogP contribution in [0.3, 0.4) is 0 Å². The summed E-state index contributed by atoms with van der Waals surface area (Å²) in [4.78, 5) is 12.2. The second-order valence-corrected chi connectivity index (χ2v) is 11.4. The van der Waals surface area contributed by atoms with E-state index in [0.717, 1.165) is 29.0 Å². The van der Waals surface area contributed by atoms with Crippen LogP contribution >= 0.6 is 8.15 Å². The largest absolute Gasteiger partial charge is 0.496 e. The third kappa shape index (κ3) is 6.45. The Bertz CT molecular complexity index is 1590. The number of ether oxygens (including phenoxy) is 2. The summed E-state index contributed by atoms with van der Waals surface area (Å²) in [6, 6.07) is 38.4. The molecule has 0 radical (unpaired) electrons. The van der Waals surface area contributed by atoms with E-state index in [0.29, 0.717) is 40.5 Å². The summed E-state index contributed by atoms with van der Waals surface area (Å²) in [6.45, 7) is 2.54. The van der Waals surface area contributed by atoms with Crippen LogP contribution in [0.15, 0.2) is 121 Å². The van der Waals surface area contributed by atoms with E-state index in [4.69, 9.17) is 14.0 Å². The Morgan fingerprint density at radius 2 is 1.33 bits per heavy atom. The van der Waals surface area contributed by atoms with Crippen molar-refractivity contribution in [2.75, 3.05) is 13.7 Å². The average Bonchev–Trinajstić information content (AvgIpc) is 3.04. The van der Waals surface area contributed by atoms with E-state index in [1.54, 1.807) is 25.3 Å². The number of methoxy groups -OCH3 is 1. The predicted molar refractivity (Wildman–Crippen MR) is 171 cm³/mol. The highest BCUT2D eigenvalue weighted by molar-refractivity contribution is 7.68. The van der Waals surface area contributed by atoms with Gasteiger partial charge >= 0.3 is 0 Å². The van der Waals surface area contributed by atoms with Crippen LogP contribution in [0.1, 0.15) is 19.8 Å². The van der Waals surface area contributed by atoms with Gasteiger partial charge < -0.3 is 14.0 Å². The number of hydrogen-bond acceptors (Lipinski definition) is 5. The Hall–Kier alpha value is -4.67. The molecule has 0 atom stereocenters. The van der Waals surface area contributed by atoms with Crippen LogP contribution in [-0.2, 0) is 0 Å². The first-order valence-corrected chi connectivity index (χ1v) is 15.1. The van der Waals surface area contributed by atoms with Crippen molar-refractivity contribution in [3.8, 4) is 39.5 Å². The molecule has 0 spiro atoms. The molecule has 0 aliphatic rings. The van der Waals surface area contributed by atoms with Gasteiger partial charge in [-0.15, -0.1) is 0 Å². The van der Waals surface area contributed by atoms with Gasteiger partial charge in [-0.2, -0.15) is 0 Å². The van der Waals surface area contributed by atoms with Crippen LogP contribution in [0.25, 0.3) is 22.3 Å². The second-order valence-electron chi connectivity index (χ2n) is 9.58. The van der Waals surface area contributed by atoms with Crippen LogP contribution in [0.5, 0.6) is 17.2 Å². The highest BCUT2D eigenvalue weighted by Gasteiger charge is 2.29. The zero-order valence-corrected chi connectivity index (χ0v) is 24.5. The third-order valence-corrected chi connectivity index (χ3v) is 8.69. The maximum absolute atomic E-state index is 12.6. The minimum Gasteiger partial charge on any atom is -0.496 e. The number of nitro benzene ring substituents is 1. The summed E-state index contributed by atoms with van der Waals surface area (Å²) in [5.74, 6) is 1.46. The summed E-state index contributed by atoms with van der Waals surface area (Å²) < 4.78 is 19.0. The van der Waals surface area contributed by atoms with Gasteiger partial charge in [0, 0.05) is 28.8 Å². The zero-order valence-electron chi connectivity index (χ0n) is 23.6. The Labute approximate surface area is 247 Å². The SMILES string of the molecule is CCCCOc1cc(OC)cc(OP(c2ccccc2)c2ccccc2)c1-c1c(-c2ccccc2)cccc1[N+](=O)[O-]. The number of hydrogen-bond donors (Lipinski definition) is 0. The van der Waals surface area contributed by atoms with Crippen molar-refractivity contribution in [3.05, 3.63) is 131 Å². The molecule has 7 heteroatoms. The maximum Gasteiger partial charge on any atom is 0.278 e. The first kappa shape index (κ1) is 28.8. The van der Waals surface area contributed by atoms with Gasteiger partial charge in [0.15, 0.2) is 8.15 Å². The summed E-state index contributed by atoms with van der Waals surface area (Å²) in [7, 11) is 0.240. The highest BCUT2D eigenvalue weighted by Crippen LogP contribution is 2.52. The fraction of sp³-hybridized carbons (Fsp3) is 0.143. The van der Waals surface area contributed by atoms with Gasteiger partial charge in [-0.25, -0.2) is 0 Å². The van der Waals surface area contributed by atoms with Gasteiger partial charge in [0.25, 0.3) is 5.69 Å². The molecular formula is C35H32NO5P. The molecule has 0 aromatic heterocycles. The normalized spacial score (nSPS) is 10.8. The fourth-order valence-corrected chi connectivity index (χ4v) is 6.47. The number of unbranched alkanes of at least 4 members (excludes halogenated alkanes) is 1. The van der Waals surface area contributed by atoms with Crippen LogP contribution in [0.4, 0.5) is 5.69 Å². The van der Waals surface area contributed by atoms with Crippen LogP contribution in [-0.4, -0.2) is 18.6 Å². The highest BCUT2D eigenvalue weighted by atomic mass is 31.1. The zero-order chi connectivity index (χ0) is 29.3. The first-order valence-electron chi connectivity index (χ1n) is 13.9. The van der Waals surface area contributed by atoms with Crippen LogP contribution < -0.4 is 24.6 Å². The molecule has 212 valence electrons. The molecule has 0 heterocycles. The van der Waals surface area contributed by atoms with Crippen LogP contribution in [0, 0.1) is 10.1 Å². The molecule has 5 aromatic carbocycles. The van der Waals surface area contributed by atoms with Crippen molar-refractivity contribution in [1.29, 1.82) is 0 Å². The van der Waals surface area contributed by atoms with Crippen molar-refractivity contribution in [1.82, 2.24) is 0 Å². The third-order valence-electron chi connectivity index (χ3n) is 6.78. The van der Waals surface area contributed by atoms with E-state index in [1.165, 1.54) is 6.07 Å². The Morgan fingerprint density at radius 1 is 0.738 bits per heavy atom. The lowest BCUT2D eigenvalue weighted by Crippen LogP contribution is -2.16. The van der Waals surface area contributed by atoms with Crippen molar-refractivity contribution >= 4 is 24.4 Å². The Morgan fingerprint density at radius 3 is 1.90 bits per heavy atom. The minimum absolute atomic E-state index is 0.0320. The fourth-order valence-electron chi connectivity index (χ4n) is 4.74. The van der Waals surface area contributed by atoms with Crippen molar-refractivity contribution in [2.45, 2.75) is 19.8 Å². The average molecular weight is 578 g/mol. The predicted octanol–water partition coefficient (Wildman–Crippen LogP) is 8.54. The standard InChI is InChI=1S/C35H32NO5P/c1-3-4-23-40-32-24-27(39-2)25-33(41-42(28-17-10-6-11-18-28)29-19-12-7-13-20-29)35(32)34-30(26-15-8-5-9-16-26)21-14-22-31(34)36(37)38/h5-22,24-25H,3-4,23H2,1-2H3. The van der Waals surface area contributed by atoms with Gasteiger partial charge in [-0.3, -0.25) is 10.1 Å². The van der Waals surface area contributed by atoms with Gasteiger partial charge in [-0.1, -0.05) is 116 Å². The molecule has 0 fully saturated rings. The minimum atomic E-state index is -1.35. The maximum atomic E-state index is 12.6. The smallest absolute Gasteiger partial charge is 0.278 e. The molecule has 5 rings (SSSR count). The molecule has 0 unspecified atom stereocenters. The summed E-state index contributed by atoms with van der Waals surface area (Å²) >= 11 is 0. The molecule has 0 bridgehead atoms. The molecule has 0 aliphatic heterocycles. The summed E-state index contributed by atoms with van der Waals surface area (Å²) in [5.41, 5.74) is 2.50. The molecular weight excluding hydrogens is 545 g/mol. The molecule has 0 saturated carbocycles. The lowest BCUT2D eigenvalue weighted by Gasteiger charge is -2.24. The molecule has 0 N–H and O–H groups in total. The van der Waals surface area contributed by atoms with E-state index in [1.807, 2.05) is 97.1 Å². The lowest BCUT2D eigenvalue weighted by molar-refractivity contribution is -0.384. The number of nitro groups is 1. The van der Waals surface area contributed by atoms with Gasteiger partial charge in [0.05, 0.1) is 29.8 Å². The Kier molecular flexibility index (Phi) is 9.48. The van der Waals surface area contributed by atoms with Crippen molar-refractivity contribution in [3.63, 3.8) is 0 Å². The first-order chi connectivity index (χ1) is 20.6. The van der Waals surface area contributed by atoms with Crippen molar-refractivity contribution < 1.29 is 18.9 Å². The lowest BCUT2D eigenvalue weighted by atomic mass is 9.91. The van der Waals surface area contributed by atoms with Gasteiger partial charge in [-0.05, 0) is 17.5 Å². The second kappa shape index (κ2) is 13.8. The molecule has 0 saturated heterocycles. The number of benzene rings is 5. The van der Waals surface area contributed by atoms with Gasteiger partial charge in [0.2, 0.25) is 0 Å². The molecule has 0 aliphatic carbocycles. The van der Waals surface area contributed by atoms with Gasteiger partial charge in [0.1, 0.15) is 17.2 Å². The van der Waals surface area contributed by atoms with E-state index >= 15 is 0 Å². The number of nitrogens with zero attached hydrogens (tertiary/aromatic N) is 1. The van der Waals surface area contributed by atoms with E-state index in [2.05, 4.69) is 6.92 Å². The molecule has 5 aromatic rings. The molecule has 0 amide bonds. The summed E-state index contributed by atoms with van der Waals surface area (Å²) in [6.07, 6.45) is 1.77.